The van der Waals surface area contributed by atoms with E-state index in [2.05, 4.69) is 5.10 Å². The quantitative estimate of drug-likeness (QED) is 0.717. The fourth-order valence-electron chi connectivity index (χ4n) is 4.57. The Hall–Kier alpha value is -2.55. The average molecular weight is 446 g/mol. The number of sulfone groups is 1. The number of anilines is 1. The fourth-order valence-corrected chi connectivity index (χ4v) is 5.95. The fraction of sp³-hybridized carbons (Fsp3) is 0.545. The van der Waals surface area contributed by atoms with Gasteiger partial charge in [-0.3, -0.25) is 9.58 Å². The Balaban J connectivity index is 1.55. The summed E-state index contributed by atoms with van der Waals surface area (Å²) in [6, 6.07) is 3.86. The van der Waals surface area contributed by atoms with E-state index < -0.39 is 9.84 Å². The number of carbonyl (C=O) groups is 1. The number of rotatable bonds is 4. The number of hydrogen-bond donors (Lipinski definition) is 0. The highest BCUT2D eigenvalue weighted by Gasteiger charge is 2.36. The van der Waals surface area contributed by atoms with Crippen LogP contribution in [0.1, 0.15) is 44.2 Å². The van der Waals surface area contributed by atoms with Crippen molar-refractivity contribution < 1.29 is 22.7 Å². The summed E-state index contributed by atoms with van der Waals surface area (Å²) in [5.74, 6) is 1.08. The molecule has 8 nitrogen and oxygen atoms in total. The van der Waals surface area contributed by atoms with Crippen LogP contribution in [0.4, 0.5) is 10.5 Å². The van der Waals surface area contributed by atoms with Crippen molar-refractivity contribution in [3.05, 3.63) is 30.1 Å². The summed E-state index contributed by atoms with van der Waals surface area (Å²) in [5, 5.41) is 4.43. The van der Waals surface area contributed by atoms with Crippen molar-refractivity contribution in [3.63, 3.8) is 0 Å². The van der Waals surface area contributed by atoms with Gasteiger partial charge in [-0.25, -0.2) is 13.2 Å². The Labute approximate surface area is 182 Å². The molecule has 31 heavy (non-hydrogen) atoms. The molecule has 1 aromatic carbocycles. The third kappa shape index (κ3) is 3.58. The average Bonchev–Trinajstić information content (AvgIpc) is 3.17. The number of methoxy groups -OCH3 is 1. The molecule has 0 spiro atoms. The Kier molecular flexibility index (Phi) is 4.96. The molecule has 1 saturated heterocycles. The summed E-state index contributed by atoms with van der Waals surface area (Å²) in [5.41, 5.74) is 3.68. The minimum Gasteiger partial charge on any atom is -0.489 e. The monoisotopic (exact) mass is 445 g/mol. The van der Waals surface area contributed by atoms with Crippen LogP contribution in [0.15, 0.2) is 24.5 Å². The molecule has 1 amide bonds. The van der Waals surface area contributed by atoms with Gasteiger partial charge < -0.3 is 9.47 Å². The highest BCUT2D eigenvalue weighted by Crippen LogP contribution is 2.45. The third-order valence-electron chi connectivity index (χ3n) is 6.64. The summed E-state index contributed by atoms with van der Waals surface area (Å²) in [6.45, 7) is 2.02. The third-order valence-corrected chi connectivity index (χ3v) is 8.42. The smallest absolute Gasteiger partial charge is 0.414 e. The van der Waals surface area contributed by atoms with Crippen LogP contribution < -0.4 is 9.64 Å². The van der Waals surface area contributed by atoms with Gasteiger partial charge in [0, 0.05) is 28.9 Å². The van der Waals surface area contributed by atoms with E-state index in [1.54, 1.807) is 15.8 Å². The number of ether oxygens (including phenoxy) is 2. The van der Waals surface area contributed by atoms with Crippen LogP contribution in [0.3, 0.4) is 0 Å². The second-order valence-corrected chi connectivity index (χ2v) is 10.9. The molecule has 3 aliphatic rings. The van der Waals surface area contributed by atoms with E-state index in [-0.39, 0.29) is 35.8 Å². The normalized spacial score (nSPS) is 22.9. The first kappa shape index (κ1) is 20.4. The predicted octanol–water partition coefficient (Wildman–Crippen LogP) is 3.36. The maximum absolute atomic E-state index is 12.5. The number of amides is 1. The summed E-state index contributed by atoms with van der Waals surface area (Å²) in [7, 11) is -1.52. The first-order chi connectivity index (χ1) is 14.9. The molecule has 1 saturated carbocycles. The molecule has 1 aliphatic carbocycles. The lowest BCUT2D eigenvalue weighted by molar-refractivity contribution is 0.119. The molecule has 1 unspecified atom stereocenters. The number of nitrogens with zero attached hydrogens (tertiary/aromatic N) is 3. The Morgan fingerprint density at radius 2 is 1.97 bits per heavy atom. The molecule has 3 heterocycles. The summed E-state index contributed by atoms with van der Waals surface area (Å²) >= 11 is 0. The molecular weight excluding hydrogens is 418 g/mol. The van der Waals surface area contributed by atoms with E-state index in [0.717, 1.165) is 60.2 Å². The Bertz CT molecular complexity index is 1110. The number of benzene rings is 1. The SMILES string of the molecule is COC(=O)N1c2ccc(-c3cnn(C4CS(=O)(=O)C4)c3)c(OC3CCC3)c2CCC1C. The zero-order chi connectivity index (χ0) is 21.8. The predicted molar refractivity (Wildman–Crippen MR) is 116 cm³/mol. The van der Waals surface area contributed by atoms with Crippen LogP contribution in [0, 0.1) is 0 Å². The molecule has 2 fully saturated rings. The lowest BCUT2D eigenvalue weighted by Gasteiger charge is -2.37. The topological polar surface area (TPSA) is 90.7 Å². The van der Waals surface area contributed by atoms with Crippen LogP contribution >= 0.6 is 0 Å². The number of hydrogen-bond acceptors (Lipinski definition) is 6. The molecule has 1 atom stereocenters. The second-order valence-electron chi connectivity index (χ2n) is 8.78. The van der Waals surface area contributed by atoms with E-state index in [1.807, 2.05) is 25.3 Å². The van der Waals surface area contributed by atoms with Gasteiger partial charge in [-0.15, -0.1) is 0 Å². The molecule has 9 heteroatoms. The largest absolute Gasteiger partial charge is 0.489 e. The van der Waals surface area contributed by atoms with E-state index in [9.17, 15) is 13.2 Å². The van der Waals surface area contributed by atoms with E-state index in [0.29, 0.717) is 0 Å². The highest BCUT2D eigenvalue weighted by atomic mass is 32.2. The summed E-state index contributed by atoms with van der Waals surface area (Å²) in [6.07, 6.45) is 8.34. The van der Waals surface area contributed by atoms with Gasteiger partial charge in [0.05, 0.1) is 42.6 Å². The number of fused-ring (bicyclic) bond motifs is 1. The molecule has 5 rings (SSSR count). The van der Waals surface area contributed by atoms with Crippen molar-refractivity contribution in [2.45, 2.75) is 57.2 Å². The van der Waals surface area contributed by atoms with Crippen molar-refractivity contribution >= 4 is 21.6 Å². The first-order valence-electron chi connectivity index (χ1n) is 10.8. The van der Waals surface area contributed by atoms with Crippen molar-refractivity contribution in [2.75, 3.05) is 23.5 Å². The first-order valence-corrected chi connectivity index (χ1v) is 12.6. The van der Waals surface area contributed by atoms with Crippen LogP contribution in [-0.4, -0.2) is 55.1 Å². The zero-order valence-corrected chi connectivity index (χ0v) is 18.6. The van der Waals surface area contributed by atoms with Crippen molar-refractivity contribution in [3.8, 4) is 16.9 Å². The summed E-state index contributed by atoms with van der Waals surface area (Å²) < 4.78 is 36.4. The van der Waals surface area contributed by atoms with Gasteiger partial charge in [0.2, 0.25) is 0 Å². The van der Waals surface area contributed by atoms with Gasteiger partial charge in [-0.2, -0.15) is 5.10 Å². The lowest BCUT2D eigenvalue weighted by Crippen LogP contribution is -2.42. The second kappa shape index (κ2) is 7.55. The van der Waals surface area contributed by atoms with Crippen molar-refractivity contribution in [1.29, 1.82) is 0 Å². The van der Waals surface area contributed by atoms with Gasteiger partial charge in [0.1, 0.15) is 5.75 Å². The van der Waals surface area contributed by atoms with Gasteiger partial charge in [-0.1, -0.05) is 0 Å². The van der Waals surface area contributed by atoms with E-state index >= 15 is 0 Å². The van der Waals surface area contributed by atoms with Gasteiger partial charge in [0.25, 0.3) is 0 Å². The zero-order valence-electron chi connectivity index (χ0n) is 17.8. The van der Waals surface area contributed by atoms with Crippen molar-refractivity contribution in [1.82, 2.24) is 9.78 Å². The van der Waals surface area contributed by atoms with E-state index in [1.165, 1.54) is 7.11 Å². The molecule has 2 aromatic rings. The van der Waals surface area contributed by atoms with Crippen molar-refractivity contribution in [2.24, 2.45) is 0 Å². The van der Waals surface area contributed by atoms with Crippen LogP contribution in [-0.2, 0) is 21.0 Å². The highest BCUT2D eigenvalue weighted by molar-refractivity contribution is 7.92. The van der Waals surface area contributed by atoms with E-state index in [4.69, 9.17) is 9.47 Å². The van der Waals surface area contributed by atoms with Crippen LogP contribution in [0.2, 0.25) is 0 Å². The Morgan fingerprint density at radius 1 is 1.19 bits per heavy atom. The Morgan fingerprint density at radius 3 is 2.61 bits per heavy atom. The molecule has 0 bridgehead atoms. The summed E-state index contributed by atoms with van der Waals surface area (Å²) in [4.78, 5) is 14.2. The number of aromatic nitrogens is 2. The minimum absolute atomic E-state index is 0.0469. The number of carbonyl (C=O) groups excluding carboxylic acids is 1. The maximum Gasteiger partial charge on any atom is 0.414 e. The molecular formula is C22H27N3O5S. The minimum atomic E-state index is -2.92. The molecule has 0 N–H and O–H groups in total. The molecule has 0 radical (unpaired) electrons. The molecule has 1 aromatic heterocycles. The van der Waals surface area contributed by atoms with Gasteiger partial charge in [-0.05, 0) is 51.2 Å². The van der Waals surface area contributed by atoms with Gasteiger partial charge in [0.15, 0.2) is 9.84 Å². The van der Waals surface area contributed by atoms with Gasteiger partial charge >= 0.3 is 6.09 Å². The standard InChI is InChI=1S/C22H27N3O5S/c1-14-6-7-19-20(25(14)22(26)29-2)9-8-18(21(19)30-17-4-3-5-17)15-10-23-24(11-15)16-12-31(27,28)13-16/h8-11,14,16-17H,3-7,12-13H2,1-2H3. The molecule has 166 valence electrons. The molecule has 2 aliphatic heterocycles. The van der Waals surface area contributed by atoms with Crippen LogP contribution in [0.25, 0.3) is 11.1 Å². The lowest BCUT2D eigenvalue weighted by atomic mass is 9.91. The van der Waals surface area contributed by atoms with Crippen LogP contribution in [0.5, 0.6) is 5.75 Å². The maximum atomic E-state index is 12.5.